The van der Waals surface area contributed by atoms with E-state index in [1.54, 1.807) is 6.20 Å². The zero-order chi connectivity index (χ0) is 13.3. The summed E-state index contributed by atoms with van der Waals surface area (Å²) in [5, 5.41) is 0.643. The lowest BCUT2D eigenvalue weighted by Gasteiger charge is -2.20. The van der Waals surface area contributed by atoms with Gasteiger partial charge in [-0.2, -0.15) is 0 Å². The molecule has 2 nitrogen and oxygen atoms in total. The van der Waals surface area contributed by atoms with Crippen molar-refractivity contribution >= 4 is 10.9 Å². The summed E-state index contributed by atoms with van der Waals surface area (Å²) in [5.74, 6) is -1.06. The summed E-state index contributed by atoms with van der Waals surface area (Å²) in [6.07, 6.45) is 2.54. The monoisotopic (exact) mass is 252 g/mol. The van der Waals surface area contributed by atoms with E-state index in [4.69, 9.17) is 0 Å². The number of aromatic nitrogens is 1. The number of aromatic amines is 1. The fourth-order valence-corrected chi connectivity index (χ4v) is 1.97. The Kier molecular flexibility index (Phi) is 3.66. The molecule has 4 heteroatoms. The van der Waals surface area contributed by atoms with Crippen LogP contribution < -0.4 is 0 Å². The Morgan fingerprint density at radius 1 is 1.28 bits per heavy atom. The van der Waals surface area contributed by atoms with E-state index in [1.807, 2.05) is 7.05 Å². The average Bonchev–Trinajstić information content (AvgIpc) is 2.69. The molecule has 98 valence electrons. The number of benzene rings is 1. The van der Waals surface area contributed by atoms with E-state index >= 15 is 0 Å². The summed E-state index contributed by atoms with van der Waals surface area (Å²) < 4.78 is 26.7. The number of nitrogens with one attached hydrogen (secondary N) is 1. The Morgan fingerprint density at radius 3 is 2.67 bits per heavy atom. The zero-order valence-corrected chi connectivity index (χ0v) is 10.9. The normalized spacial score (nSPS) is 11.9. The van der Waals surface area contributed by atoms with Gasteiger partial charge < -0.3 is 9.88 Å². The number of hydrogen-bond donors (Lipinski definition) is 1. The first-order valence-electron chi connectivity index (χ1n) is 6.14. The number of halogens is 2. The van der Waals surface area contributed by atoms with Crippen molar-refractivity contribution in [1.82, 2.24) is 9.88 Å². The van der Waals surface area contributed by atoms with Crippen LogP contribution in [-0.4, -0.2) is 29.5 Å². The van der Waals surface area contributed by atoms with Gasteiger partial charge in [0.15, 0.2) is 0 Å². The van der Waals surface area contributed by atoms with Gasteiger partial charge in [-0.3, -0.25) is 0 Å². The molecule has 1 aromatic carbocycles. The summed E-state index contributed by atoms with van der Waals surface area (Å²) in [7, 11) is 2.04. The maximum Gasteiger partial charge on any atom is 0.150 e. The molecule has 1 heterocycles. The Balaban J connectivity index is 2.24. The van der Waals surface area contributed by atoms with Gasteiger partial charge in [0, 0.05) is 30.2 Å². The van der Waals surface area contributed by atoms with Crippen molar-refractivity contribution in [3.8, 4) is 0 Å². The van der Waals surface area contributed by atoms with Crippen molar-refractivity contribution < 1.29 is 8.78 Å². The predicted octanol–water partition coefficient (Wildman–Crippen LogP) is 3.33. The number of likely N-dealkylation sites (N-methyl/N-ethyl adjacent to an activating group) is 1. The summed E-state index contributed by atoms with van der Waals surface area (Å²) in [6.45, 7) is 5.10. The number of nitrogens with zero attached hydrogens (tertiary/aromatic N) is 1. The van der Waals surface area contributed by atoms with Crippen LogP contribution in [-0.2, 0) is 6.42 Å². The molecule has 0 saturated carbocycles. The Morgan fingerprint density at radius 2 is 2.00 bits per heavy atom. The minimum atomic E-state index is -0.534. The van der Waals surface area contributed by atoms with E-state index in [-0.39, 0.29) is 0 Å². The van der Waals surface area contributed by atoms with Crippen molar-refractivity contribution in [2.24, 2.45) is 0 Å². The second-order valence-electron chi connectivity index (χ2n) is 4.95. The highest BCUT2D eigenvalue weighted by molar-refractivity contribution is 5.83. The molecular weight excluding hydrogens is 234 g/mol. The van der Waals surface area contributed by atoms with Crippen LogP contribution in [0, 0.1) is 11.6 Å². The van der Waals surface area contributed by atoms with Gasteiger partial charge >= 0.3 is 0 Å². The molecule has 1 N–H and O–H groups in total. The van der Waals surface area contributed by atoms with E-state index in [0.29, 0.717) is 16.9 Å². The van der Waals surface area contributed by atoms with Crippen molar-refractivity contribution in [3.63, 3.8) is 0 Å². The van der Waals surface area contributed by atoms with Crippen LogP contribution in [0.25, 0.3) is 10.9 Å². The van der Waals surface area contributed by atoms with E-state index < -0.39 is 11.6 Å². The van der Waals surface area contributed by atoms with E-state index in [2.05, 4.69) is 23.7 Å². The summed E-state index contributed by atoms with van der Waals surface area (Å²) in [4.78, 5) is 5.08. The van der Waals surface area contributed by atoms with Crippen LogP contribution in [0.4, 0.5) is 8.78 Å². The number of fused-ring (bicyclic) bond motifs is 1. The van der Waals surface area contributed by atoms with Crippen LogP contribution in [0.1, 0.15) is 19.4 Å². The lowest BCUT2D eigenvalue weighted by molar-refractivity contribution is 0.278. The lowest BCUT2D eigenvalue weighted by Crippen LogP contribution is -2.28. The molecule has 0 bridgehead atoms. The Bertz CT molecular complexity index is 546. The second kappa shape index (κ2) is 5.06. The third-order valence-corrected chi connectivity index (χ3v) is 3.41. The molecule has 0 atom stereocenters. The van der Waals surface area contributed by atoms with Gasteiger partial charge in [0.25, 0.3) is 0 Å². The molecule has 0 aliphatic carbocycles. The van der Waals surface area contributed by atoms with Crippen molar-refractivity contribution in [2.45, 2.75) is 26.3 Å². The first-order chi connectivity index (χ1) is 8.49. The quantitative estimate of drug-likeness (QED) is 0.884. The van der Waals surface area contributed by atoms with Gasteiger partial charge in [-0.1, -0.05) is 0 Å². The van der Waals surface area contributed by atoms with Gasteiger partial charge in [-0.05, 0) is 38.9 Å². The highest BCUT2D eigenvalue weighted by Crippen LogP contribution is 2.23. The smallest absolute Gasteiger partial charge is 0.150 e. The molecule has 0 saturated heterocycles. The molecule has 0 aliphatic rings. The third-order valence-electron chi connectivity index (χ3n) is 3.41. The molecular formula is C14H18F2N2. The van der Waals surface area contributed by atoms with Crippen molar-refractivity contribution in [1.29, 1.82) is 0 Å². The van der Waals surface area contributed by atoms with Crippen LogP contribution in [0.15, 0.2) is 18.3 Å². The van der Waals surface area contributed by atoms with Gasteiger partial charge in [-0.15, -0.1) is 0 Å². The van der Waals surface area contributed by atoms with Gasteiger partial charge in [0.1, 0.15) is 11.6 Å². The first kappa shape index (κ1) is 13.0. The van der Waals surface area contributed by atoms with Crippen molar-refractivity contribution in [3.05, 3.63) is 35.5 Å². The first-order valence-corrected chi connectivity index (χ1v) is 6.14. The summed E-state index contributed by atoms with van der Waals surface area (Å²) in [6, 6.07) is 2.76. The molecule has 0 radical (unpaired) electrons. The van der Waals surface area contributed by atoms with Gasteiger partial charge in [0.2, 0.25) is 0 Å². The molecule has 0 aliphatic heterocycles. The summed E-state index contributed by atoms with van der Waals surface area (Å²) in [5.41, 5.74) is 1.34. The molecule has 1 aromatic heterocycles. The minimum absolute atomic E-state index is 0.388. The van der Waals surface area contributed by atoms with Crippen molar-refractivity contribution in [2.75, 3.05) is 13.6 Å². The maximum atomic E-state index is 13.5. The van der Waals surface area contributed by atoms with Gasteiger partial charge in [-0.25, -0.2) is 8.78 Å². The van der Waals surface area contributed by atoms with Gasteiger partial charge in [0.05, 0.1) is 5.52 Å². The highest BCUT2D eigenvalue weighted by Gasteiger charge is 2.11. The van der Waals surface area contributed by atoms with Crippen LogP contribution in [0.3, 0.4) is 0 Å². The fraction of sp³-hybridized carbons (Fsp3) is 0.429. The van der Waals surface area contributed by atoms with E-state index in [0.717, 1.165) is 24.6 Å². The largest absolute Gasteiger partial charge is 0.359 e. The number of H-pyrrole nitrogens is 1. The average molecular weight is 252 g/mol. The molecule has 18 heavy (non-hydrogen) atoms. The number of hydrogen-bond acceptors (Lipinski definition) is 1. The van der Waals surface area contributed by atoms with E-state index in [1.165, 1.54) is 6.07 Å². The standard InChI is InChI=1S/C14H18F2N2/c1-9(2)18(3)5-4-10-8-17-14-12(10)6-11(15)7-13(14)16/h6-9,17H,4-5H2,1-3H3. The molecule has 0 fully saturated rings. The minimum Gasteiger partial charge on any atom is -0.359 e. The van der Waals surface area contributed by atoms with Crippen LogP contribution in [0.5, 0.6) is 0 Å². The second-order valence-corrected chi connectivity index (χ2v) is 4.95. The SMILES string of the molecule is CC(C)N(C)CCc1c[nH]c2c(F)cc(F)cc12. The van der Waals surface area contributed by atoms with E-state index in [9.17, 15) is 8.78 Å². The number of rotatable bonds is 4. The molecule has 0 amide bonds. The molecule has 2 rings (SSSR count). The Labute approximate surface area is 106 Å². The Hall–Kier alpha value is -1.42. The highest BCUT2D eigenvalue weighted by atomic mass is 19.1. The maximum absolute atomic E-state index is 13.5. The summed E-state index contributed by atoms with van der Waals surface area (Å²) >= 11 is 0. The molecule has 0 spiro atoms. The topological polar surface area (TPSA) is 19.0 Å². The molecule has 0 unspecified atom stereocenters. The lowest BCUT2D eigenvalue weighted by atomic mass is 10.1. The zero-order valence-electron chi connectivity index (χ0n) is 10.9. The fourth-order valence-electron chi connectivity index (χ4n) is 1.97. The predicted molar refractivity (Wildman–Crippen MR) is 69.7 cm³/mol. The van der Waals surface area contributed by atoms with Crippen LogP contribution in [0.2, 0.25) is 0 Å². The molecule has 2 aromatic rings. The third kappa shape index (κ3) is 2.53. The van der Waals surface area contributed by atoms with Crippen LogP contribution >= 0.6 is 0 Å².